The molecule has 0 atom stereocenters. The van der Waals surface area contributed by atoms with Gasteiger partial charge in [0.1, 0.15) is 5.82 Å². The van der Waals surface area contributed by atoms with Crippen molar-refractivity contribution in [3.05, 3.63) is 47.4 Å². The zero-order valence-corrected chi connectivity index (χ0v) is 12.6. The number of halogens is 1. The van der Waals surface area contributed by atoms with Crippen molar-refractivity contribution in [1.82, 2.24) is 4.98 Å². The van der Waals surface area contributed by atoms with Crippen molar-refractivity contribution in [3.63, 3.8) is 0 Å². The fourth-order valence-electron chi connectivity index (χ4n) is 1.85. The molecule has 21 heavy (non-hydrogen) atoms. The number of nitrogens with one attached hydrogen (secondary N) is 1. The second-order valence-corrected chi connectivity index (χ2v) is 5.69. The molecule has 1 aromatic carbocycles. The van der Waals surface area contributed by atoms with Crippen LogP contribution in [0, 0.1) is 19.7 Å². The SMILES string of the molecule is Cc1cc(C)nc(SCC(=O)Nc2ccc(F)cc2N)c1. The molecule has 0 saturated carbocycles. The summed E-state index contributed by atoms with van der Waals surface area (Å²) in [4.78, 5) is 16.2. The smallest absolute Gasteiger partial charge is 0.234 e. The van der Waals surface area contributed by atoms with Crippen molar-refractivity contribution in [2.45, 2.75) is 18.9 Å². The molecule has 110 valence electrons. The van der Waals surface area contributed by atoms with E-state index in [0.717, 1.165) is 16.3 Å². The number of aryl methyl sites for hydroxylation is 2. The average molecular weight is 305 g/mol. The summed E-state index contributed by atoms with van der Waals surface area (Å²) < 4.78 is 12.9. The van der Waals surface area contributed by atoms with Crippen molar-refractivity contribution < 1.29 is 9.18 Å². The maximum Gasteiger partial charge on any atom is 0.234 e. The normalized spacial score (nSPS) is 10.4. The number of hydrogen-bond acceptors (Lipinski definition) is 4. The van der Waals surface area contributed by atoms with Gasteiger partial charge in [0.25, 0.3) is 0 Å². The molecule has 3 N–H and O–H groups in total. The van der Waals surface area contributed by atoms with Gasteiger partial charge in [0.15, 0.2) is 0 Å². The number of nitrogens with zero attached hydrogens (tertiary/aromatic N) is 1. The van der Waals surface area contributed by atoms with Crippen molar-refractivity contribution in [1.29, 1.82) is 0 Å². The van der Waals surface area contributed by atoms with Crippen LogP contribution in [0.2, 0.25) is 0 Å². The van der Waals surface area contributed by atoms with Gasteiger partial charge in [-0.1, -0.05) is 11.8 Å². The van der Waals surface area contributed by atoms with Crippen LogP contribution in [0.25, 0.3) is 0 Å². The number of amides is 1. The molecule has 0 fully saturated rings. The molecule has 1 aromatic heterocycles. The molecule has 1 amide bonds. The molecule has 1 heterocycles. The van der Waals surface area contributed by atoms with E-state index in [0.29, 0.717) is 5.69 Å². The predicted molar refractivity (Wildman–Crippen MR) is 83.9 cm³/mol. The van der Waals surface area contributed by atoms with E-state index in [4.69, 9.17) is 5.73 Å². The summed E-state index contributed by atoms with van der Waals surface area (Å²) >= 11 is 1.35. The Kier molecular flexibility index (Phi) is 4.80. The van der Waals surface area contributed by atoms with E-state index in [1.54, 1.807) is 0 Å². The Morgan fingerprint density at radius 1 is 1.33 bits per heavy atom. The minimum atomic E-state index is -0.431. The van der Waals surface area contributed by atoms with E-state index in [-0.39, 0.29) is 17.3 Å². The summed E-state index contributed by atoms with van der Waals surface area (Å²) in [5, 5.41) is 3.46. The average Bonchev–Trinajstić information content (AvgIpc) is 2.39. The maximum absolute atomic E-state index is 12.9. The topological polar surface area (TPSA) is 68.0 Å². The van der Waals surface area contributed by atoms with Gasteiger partial charge < -0.3 is 11.1 Å². The molecular weight excluding hydrogens is 289 g/mol. The summed E-state index contributed by atoms with van der Waals surface area (Å²) in [5.74, 6) is -0.425. The first-order valence-electron chi connectivity index (χ1n) is 6.37. The Hall–Kier alpha value is -2.08. The standard InChI is InChI=1S/C15H16FN3OS/c1-9-5-10(2)18-15(6-9)21-8-14(20)19-13-4-3-11(16)7-12(13)17/h3-7H,8,17H2,1-2H3,(H,19,20). The molecule has 0 unspecified atom stereocenters. The van der Waals surface area contributed by atoms with Gasteiger partial charge in [-0.15, -0.1) is 0 Å². The third-order valence-corrected chi connectivity index (χ3v) is 3.62. The highest BCUT2D eigenvalue weighted by Crippen LogP contribution is 2.21. The molecule has 2 rings (SSSR count). The van der Waals surface area contributed by atoms with Crippen LogP contribution >= 0.6 is 11.8 Å². The van der Waals surface area contributed by atoms with Crippen LogP contribution in [0.5, 0.6) is 0 Å². The molecule has 0 radical (unpaired) electrons. The first-order valence-corrected chi connectivity index (χ1v) is 7.35. The van der Waals surface area contributed by atoms with Crippen molar-refractivity contribution in [3.8, 4) is 0 Å². The number of pyridine rings is 1. The predicted octanol–water partition coefficient (Wildman–Crippen LogP) is 3.15. The summed E-state index contributed by atoms with van der Waals surface area (Å²) in [5.41, 5.74) is 8.28. The van der Waals surface area contributed by atoms with Gasteiger partial charge in [0.2, 0.25) is 5.91 Å². The summed E-state index contributed by atoms with van der Waals surface area (Å²) in [6.07, 6.45) is 0. The molecule has 0 saturated heterocycles. The zero-order valence-electron chi connectivity index (χ0n) is 11.8. The third-order valence-electron chi connectivity index (χ3n) is 2.71. The largest absolute Gasteiger partial charge is 0.397 e. The van der Waals surface area contributed by atoms with Gasteiger partial charge >= 0.3 is 0 Å². The third kappa shape index (κ3) is 4.46. The van der Waals surface area contributed by atoms with Crippen LogP contribution in [0.15, 0.2) is 35.4 Å². The molecule has 0 bridgehead atoms. The van der Waals surface area contributed by atoms with Gasteiger partial charge in [-0.3, -0.25) is 4.79 Å². The highest BCUT2D eigenvalue weighted by molar-refractivity contribution is 7.99. The van der Waals surface area contributed by atoms with Crippen LogP contribution in [0.3, 0.4) is 0 Å². The monoisotopic (exact) mass is 305 g/mol. The Bertz CT molecular complexity index is 656. The summed E-state index contributed by atoms with van der Waals surface area (Å²) in [7, 11) is 0. The lowest BCUT2D eigenvalue weighted by molar-refractivity contribution is -0.113. The second-order valence-electron chi connectivity index (χ2n) is 4.69. The highest BCUT2D eigenvalue weighted by Gasteiger charge is 2.08. The van der Waals surface area contributed by atoms with Gasteiger partial charge in [-0.2, -0.15) is 0 Å². The van der Waals surface area contributed by atoms with E-state index in [1.165, 1.54) is 30.0 Å². The Morgan fingerprint density at radius 2 is 2.10 bits per heavy atom. The molecular formula is C15H16FN3OS. The second kappa shape index (κ2) is 6.58. The number of benzene rings is 1. The molecule has 6 heteroatoms. The van der Waals surface area contributed by atoms with Crippen LogP contribution < -0.4 is 11.1 Å². The van der Waals surface area contributed by atoms with E-state index in [9.17, 15) is 9.18 Å². The number of thioether (sulfide) groups is 1. The lowest BCUT2D eigenvalue weighted by Gasteiger charge is -2.08. The molecule has 0 aliphatic heterocycles. The number of carbonyl (C=O) groups excluding carboxylic acids is 1. The Morgan fingerprint density at radius 3 is 2.76 bits per heavy atom. The van der Waals surface area contributed by atoms with Gasteiger partial charge in [-0.05, 0) is 49.7 Å². The minimum Gasteiger partial charge on any atom is -0.397 e. The number of rotatable bonds is 4. The minimum absolute atomic E-state index is 0.206. The fraction of sp³-hybridized carbons (Fsp3) is 0.200. The summed E-state index contributed by atoms with van der Waals surface area (Å²) in [6.45, 7) is 3.90. The van der Waals surface area contributed by atoms with Gasteiger partial charge in [0, 0.05) is 5.69 Å². The Balaban J connectivity index is 1.95. The van der Waals surface area contributed by atoms with Crippen LogP contribution in [0.1, 0.15) is 11.3 Å². The number of carbonyl (C=O) groups is 1. The first-order chi connectivity index (χ1) is 9.94. The van der Waals surface area contributed by atoms with Crippen LogP contribution in [-0.2, 0) is 4.79 Å². The maximum atomic E-state index is 12.9. The van der Waals surface area contributed by atoms with E-state index in [2.05, 4.69) is 10.3 Å². The summed E-state index contributed by atoms with van der Waals surface area (Å²) in [6, 6.07) is 7.78. The quantitative estimate of drug-likeness (QED) is 0.672. The lowest BCUT2D eigenvalue weighted by atomic mass is 10.2. The van der Waals surface area contributed by atoms with Crippen LogP contribution in [0.4, 0.5) is 15.8 Å². The number of nitrogens with two attached hydrogens (primary N) is 1. The van der Waals surface area contributed by atoms with E-state index >= 15 is 0 Å². The van der Waals surface area contributed by atoms with Gasteiger partial charge in [0.05, 0.1) is 22.2 Å². The van der Waals surface area contributed by atoms with Crippen molar-refractivity contribution >= 4 is 29.0 Å². The van der Waals surface area contributed by atoms with Crippen molar-refractivity contribution in [2.24, 2.45) is 0 Å². The number of aromatic nitrogens is 1. The van der Waals surface area contributed by atoms with E-state index < -0.39 is 5.82 Å². The zero-order chi connectivity index (χ0) is 15.4. The molecule has 4 nitrogen and oxygen atoms in total. The first kappa shape index (κ1) is 15.3. The molecule has 0 aliphatic carbocycles. The fourth-order valence-corrected chi connectivity index (χ4v) is 2.68. The van der Waals surface area contributed by atoms with Crippen molar-refractivity contribution in [2.75, 3.05) is 16.8 Å². The van der Waals surface area contributed by atoms with E-state index in [1.807, 2.05) is 26.0 Å². The number of nitrogen functional groups attached to an aromatic ring is 1. The molecule has 0 aliphatic rings. The molecule has 0 spiro atoms. The van der Waals surface area contributed by atoms with Crippen LogP contribution in [-0.4, -0.2) is 16.6 Å². The lowest BCUT2D eigenvalue weighted by Crippen LogP contribution is -2.15. The van der Waals surface area contributed by atoms with Gasteiger partial charge in [-0.25, -0.2) is 9.37 Å². The Labute approximate surface area is 127 Å². The highest BCUT2D eigenvalue weighted by atomic mass is 32.2. The number of anilines is 2. The number of hydrogen-bond donors (Lipinski definition) is 2. The molecule has 2 aromatic rings.